The van der Waals surface area contributed by atoms with Crippen LogP contribution in [0.2, 0.25) is 0 Å². The largest absolute Gasteiger partial charge is 0.356 e. The lowest BCUT2D eigenvalue weighted by molar-refractivity contribution is 0.658. The van der Waals surface area contributed by atoms with Gasteiger partial charge in [0.2, 0.25) is 0 Å². The van der Waals surface area contributed by atoms with Gasteiger partial charge in [0.25, 0.3) is 0 Å². The van der Waals surface area contributed by atoms with Gasteiger partial charge in [0, 0.05) is 25.3 Å². The highest BCUT2D eigenvalue weighted by molar-refractivity contribution is 5.42. The fraction of sp³-hybridized carbons (Fsp3) is 0.583. The van der Waals surface area contributed by atoms with Gasteiger partial charge in [0.15, 0.2) is 0 Å². The van der Waals surface area contributed by atoms with Crippen molar-refractivity contribution in [3.8, 4) is 0 Å². The quantitative estimate of drug-likeness (QED) is 0.802. The van der Waals surface area contributed by atoms with Gasteiger partial charge in [-0.15, -0.1) is 0 Å². The molecule has 2 unspecified atom stereocenters. The minimum absolute atomic E-state index is 0.0896. The van der Waals surface area contributed by atoms with Crippen molar-refractivity contribution in [3.63, 3.8) is 0 Å². The van der Waals surface area contributed by atoms with Crippen LogP contribution in [0.3, 0.4) is 0 Å². The summed E-state index contributed by atoms with van der Waals surface area (Å²) in [5.74, 6) is 1.86. The second kappa shape index (κ2) is 4.19. The molecular weight excluding hydrogens is 186 g/mol. The molecule has 0 bridgehead atoms. The van der Waals surface area contributed by atoms with Crippen LogP contribution in [0.5, 0.6) is 0 Å². The normalized spacial score (nSPS) is 23.1. The minimum atomic E-state index is 0.0896. The molecule has 0 spiro atoms. The van der Waals surface area contributed by atoms with E-state index in [0.717, 1.165) is 24.8 Å². The summed E-state index contributed by atoms with van der Waals surface area (Å²) in [6.07, 6.45) is 3.13. The van der Waals surface area contributed by atoms with E-state index in [1.54, 1.807) is 0 Å². The molecule has 2 N–H and O–H groups in total. The first-order valence-electron chi connectivity index (χ1n) is 5.63. The lowest BCUT2D eigenvalue weighted by atomic mass is 10.1. The number of nitrogens with two attached hydrogens (primary N) is 1. The van der Waals surface area contributed by atoms with Gasteiger partial charge in [-0.25, -0.2) is 4.98 Å². The van der Waals surface area contributed by atoms with Crippen molar-refractivity contribution in [1.82, 2.24) is 4.98 Å². The van der Waals surface area contributed by atoms with Gasteiger partial charge >= 0.3 is 0 Å². The molecule has 2 rings (SSSR count). The van der Waals surface area contributed by atoms with Crippen molar-refractivity contribution in [1.29, 1.82) is 0 Å². The van der Waals surface area contributed by atoms with Crippen LogP contribution in [0.25, 0.3) is 0 Å². The first-order chi connectivity index (χ1) is 7.16. The molecule has 1 aromatic rings. The molecule has 82 valence electrons. The van der Waals surface area contributed by atoms with Crippen molar-refractivity contribution in [2.45, 2.75) is 26.3 Å². The van der Waals surface area contributed by atoms with Crippen LogP contribution < -0.4 is 10.6 Å². The second-order valence-corrected chi connectivity index (χ2v) is 4.58. The van der Waals surface area contributed by atoms with Crippen LogP contribution in [0.4, 0.5) is 5.82 Å². The SMILES string of the molecule is CC1CCN(c2cc(C(C)N)ccn2)C1. The minimum Gasteiger partial charge on any atom is -0.356 e. The molecule has 1 fully saturated rings. The Labute approximate surface area is 91.3 Å². The van der Waals surface area contributed by atoms with Gasteiger partial charge in [-0.05, 0) is 37.0 Å². The van der Waals surface area contributed by atoms with E-state index in [0.29, 0.717) is 0 Å². The summed E-state index contributed by atoms with van der Waals surface area (Å²) >= 11 is 0. The van der Waals surface area contributed by atoms with E-state index in [2.05, 4.69) is 22.9 Å². The summed E-state index contributed by atoms with van der Waals surface area (Å²) in [6, 6.07) is 4.20. The van der Waals surface area contributed by atoms with Crippen LogP contribution in [-0.4, -0.2) is 18.1 Å². The zero-order valence-electron chi connectivity index (χ0n) is 9.48. The zero-order chi connectivity index (χ0) is 10.8. The Morgan fingerprint density at radius 3 is 3.00 bits per heavy atom. The molecule has 3 nitrogen and oxygen atoms in total. The van der Waals surface area contributed by atoms with Crippen molar-refractivity contribution >= 4 is 5.82 Å². The Bertz CT molecular complexity index is 335. The number of pyridine rings is 1. The van der Waals surface area contributed by atoms with Gasteiger partial charge in [0.05, 0.1) is 0 Å². The van der Waals surface area contributed by atoms with E-state index in [4.69, 9.17) is 5.73 Å². The highest BCUT2D eigenvalue weighted by Gasteiger charge is 2.19. The van der Waals surface area contributed by atoms with E-state index in [1.807, 2.05) is 19.2 Å². The maximum Gasteiger partial charge on any atom is 0.128 e. The zero-order valence-corrected chi connectivity index (χ0v) is 9.48. The van der Waals surface area contributed by atoms with Crippen LogP contribution >= 0.6 is 0 Å². The van der Waals surface area contributed by atoms with E-state index in [1.165, 1.54) is 12.0 Å². The summed E-state index contributed by atoms with van der Waals surface area (Å²) in [5, 5.41) is 0. The molecule has 1 aliphatic heterocycles. The first-order valence-corrected chi connectivity index (χ1v) is 5.63. The van der Waals surface area contributed by atoms with Gasteiger partial charge in [-0.1, -0.05) is 6.92 Å². The number of hydrogen-bond acceptors (Lipinski definition) is 3. The van der Waals surface area contributed by atoms with Crippen LogP contribution in [0.15, 0.2) is 18.3 Å². The molecule has 0 radical (unpaired) electrons. The summed E-state index contributed by atoms with van der Waals surface area (Å²) in [4.78, 5) is 6.75. The van der Waals surface area contributed by atoms with Gasteiger partial charge in [-0.2, -0.15) is 0 Å². The molecule has 0 aromatic carbocycles. The molecule has 1 aromatic heterocycles. The first kappa shape index (κ1) is 10.4. The molecule has 1 saturated heterocycles. The summed E-state index contributed by atoms with van der Waals surface area (Å²) in [5.41, 5.74) is 7.03. The third-order valence-electron chi connectivity index (χ3n) is 3.04. The maximum atomic E-state index is 5.86. The van der Waals surface area contributed by atoms with Gasteiger partial charge < -0.3 is 10.6 Å². The van der Waals surface area contributed by atoms with E-state index in [-0.39, 0.29) is 6.04 Å². The third kappa shape index (κ3) is 2.29. The summed E-state index contributed by atoms with van der Waals surface area (Å²) < 4.78 is 0. The van der Waals surface area contributed by atoms with E-state index >= 15 is 0 Å². The van der Waals surface area contributed by atoms with Crippen LogP contribution in [-0.2, 0) is 0 Å². The van der Waals surface area contributed by atoms with E-state index < -0.39 is 0 Å². The fourth-order valence-electron chi connectivity index (χ4n) is 2.03. The van der Waals surface area contributed by atoms with Gasteiger partial charge in [-0.3, -0.25) is 0 Å². The lowest BCUT2D eigenvalue weighted by Gasteiger charge is -2.18. The molecule has 2 atom stereocenters. The predicted molar refractivity (Wildman–Crippen MR) is 62.8 cm³/mol. The van der Waals surface area contributed by atoms with Crippen molar-refractivity contribution in [2.24, 2.45) is 11.7 Å². The number of nitrogens with zero attached hydrogens (tertiary/aromatic N) is 2. The Balaban J connectivity index is 2.18. The lowest BCUT2D eigenvalue weighted by Crippen LogP contribution is -2.20. The Kier molecular flexibility index (Phi) is 2.91. The monoisotopic (exact) mass is 205 g/mol. The van der Waals surface area contributed by atoms with Crippen LogP contribution in [0.1, 0.15) is 31.9 Å². The molecule has 2 heterocycles. The predicted octanol–water partition coefficient (Wildman–Crippen LogP) is 1.95. The highest BCUT2D eigenvalue weighted by atomic mass is 15.2. The number of rotatable bonds is 2. The average Bonchev–Trinajstić information content (AvgIpc) is 2.65. The molecule has 0 saturated carbocycles. The molecule has 0 amide bonds. The van der Waals surface area contributed by atoms with E-state index in [9.17, 15) is 0 Å². The number of hydrogen-bond donors (Lipinski definition) is 1. The van der Waals surface area contributed by atoms with Crippen molar-refractivity contribution in [3.05, 3.63) is 23.9 Å². The maximum absolute atomic E-state index is 5.86. The van der Waals surface area contributed by atoms with Crippen LogP contribution in [0, 0.1) is 5.92 Å². The molecule has 1 aliphatic rings. The fourth-order valence-corrected chi connectivity index (χ4v) is 2.03. The Morgan fingerprint density at radius 1 is 1.60 bits per heavy atom. The average molecular weight is 205 g/mol. The Hall–Kier alpha value is -1.09. The smallest absolute Gasteiger partial charge is 0.128 e. The summed E-state index contributed by atoms with van der Waals surface area (Å²) in [7, 11) is 0. The number of anilines is 1. The van der Waals surface area contributed by atoms with Crippen molar-refractivity contribution < 1.29 is 0 Å². The van der Waals surface area contributed by atoms with Gasteiger partial charge in [0.1, 0.15) is 5.82 Å². The number of aromatic nitrogens is 1. The molecular formula is C12H19N3. The topological polar surface area (TPSA) is 42.1 Å². The summed E-state index contributed by atoms with van der Waals surface area (Å²) in [6.45, 7) is 6.53. The molecule has 0 aliphatic carbocycles. The van der Waals surface area contributed by atoms with Crippen molar-refractivity contribution in [2.75, 3.05) is 18.0 Å². The highest BCUT2D eigenvalue weighted by Crippen LogP contribution is 2.23. The second-order valence-electron chi connectivity index (χ2n) is 4.58. The molecule has 15 heavy (non-hydrogen) atoms. The third-order valence-corrected chi connectivity index (χ3v) is 3.04. The standard InChI is InChI=1S/C12H19N3/c1-9-4-6-15(8-9)12-7-11(10(2)13)3-5-14-12/h3,5,7,9-10H,4,6,8,13H2,1-2H3. The Morgan fingerprint density at radius 2 is 2.40 bits per heavy atom. The molecule has 3 heteroatoms.